The molecule has 1 aromatic rings. The number of hydrogen-bond donors (Lipinski definition) is 1. The van der Waals surface area contributed by atoms with Gasteiger partial charge < -0.3 is 10.6 Å². The summed E-state index contributed by atoms with van der Waals surface area (Å²) >= 11 is 0. The van der Waals surface area contributed by atoms with E-state index in [0.29, 0.717) is 0 Å². The fraction of sp³-hybridized carbons (Fsp3) is 0.333. The molecule has 2 N–H and O–H groups in total. The molecule has 0 bridgehead atoms. The molecular weight excluding hydrogens is 259 g/mol. The lowest BCUT2D eigenvalue weighted by Crippen LogP contribution is -2.26. The van der Waals surface area contributed by atoms with Gasteiger partial charge in [-0.3, -0.25) is 4.79 Å². The van der Waals surface area contributed by atoms with E-state index in [1.807, 2.05) is 0 Å². The summed E-state index contributed by atoms with van der Waals surface area (Å²) in [5, 5.41) is 0. The lowest BCUT2D eigenvalue weighted by atomic mass is 10.2. The van der Waals surface area contributed by atoms with Gasteiger partial charge in [0.05, 0.1) is 5.56 Å². The molecule has 0 aliphatic carbocycles. The van der Waals surface area contributed by atoms with Crippen LogP contribution in [0.3, 0.4) is 0 Å². The van der Waals surface area contributed by atoms with Crippen molar-refractivity contribution in [3.8, 4) is 0 Å². The average molecular weight is 273 g/mol. The van der Waals surface area contributed by atoms with Crippen molar-refractivity contribution in [1.82, 2.24) is 4.98 Å². The number of nitrogens with zero attached hydrogens (tertiary/aromatic N) is 2. The Labute approximate surface area is 108 Å². The minimum atomic E-state index is -4.57. The Morgan fingerprint density at radius 1 is 1.47 bits per heavy atom. The molecule has 0 fully saturated rings. The van der Waals surface area contributed by atoms with Crippen LogP contribution in [0.15, 0.2) is 24.3 Å². The first kappa shape index (κ1) is 15.0. The molecule has 104 valence electrons. The molecule has 7 heteroatoms. The Balaban J connectivity index is 3.31. The summed E-state index contributed by atoms with van der Waals surface area (Å²) in [7, 11) is 1.52. The van der Waals surface area contributed by atoms with Crippen LogP contribution in [0.5, 0.6) is 0 Å². The number of carbonyl (C=O) groups is 1. The number of nitrogens with two attached hydrogens (primary N) is 1. The SMILES string of the molecule is C=C(C)CN(C)c1nc(C(F)(F)F)ccc1C(N)=O. The van der Waals surface area contributed by atoms with Gasteiger partial charge in [-0.15, -0.1) is 0 Å². The van der Waals surface area contributed by atoms with Crippen molar-refractivity contribution >= 4 is 11.7 Å². The number of pyridine rings is 1. The molecule has 0 aliphatic heterocycles. The number of likely N-dealkylation sites (N-methyl/N-ethyl adjacent to an activating group) is 1. The van der Waals surface area contributed by atoms with Crippen LogP contribution in [0.25, 0.3) is 0 Å². The van der Waals surface area contributed by atoms with Crippen molar-refractivity contribution in [3.05, 3.63) is 35.5 Å². The Hall–Kier alpha value is -2.05. The van der Waals surface area contributed by atoms with Gasteiger partial charge in [-0.2, -0.15) is 13.2 Å². The number of amides is 1. The lowest BCUT2D eigenvalue weighted by molar-refractivity contribution is -0.141. The van der Waals surface area contributed by atoms with Crippen LogP contribution in [0, 0.1) is 0 Å². The molecule has 4 nitrogen and oxygen atoms in total. The van der Waals surface area contributed by atoms with Crippen molar-refractivity contribution in [2.24, 2.45) is 5.73 Å². The zero-order valence-corrected chi connectivity index (χ0v) is 10.6. The summed E-state index contributed by atoms with van der Waals surface area (Å²) in [6.45, 7) is 5.65. The van der Waals surface area contributed by atoms with Gasteiger partial charge in [0.2, 0.25) is 0 Å². The van der Waals surface area contributed by atoms with Gasteiger partial charge in [-0.25, -0.2) is 4.98 Å². The van der Waals surface area contributed by atoms with Gasteiger partial charge in [-0.1, -0.05) is 12.2 Å². The summed E-state index contributed by atoms with van der Waals surface area (Å²) in [6, 6.07) is 1.76. The summed E-state index contributed by atoms with van der Waals surface area (Å²) in [4.78, 5) is 16.1. The van der Waals surface area contributed by atoms with E-state index in [4.69, 9.17) is 5.73 Å². The number of halogens is 3. The topological polar surface area (TPSA) is 59.2 Å². The van der Waals surface area contributed by atoms with Gasteiger partial charge in [0.25, 0.3) is 5.91 Å². The van der Waals surface area contributed by atoms with Gasteiger partial charge in [0, 0.05) is 13.6 Å². The molecule has 0 aliphatic rings. The Bertz CT molecular complexity index is 511. The maximum Gasteiger partial charge on any atom is 0.433 e. The minimum absolute atomic E-state index is 0.0586. The van der Waals surface area contributed by atoms with Gasteiger partial charge in [-0.05, 0) is 19.1 Å². The zero-order valence-electron chi connectivity index (χ0n) is 10.6. The minimum Gasteiger partial charge on any atom is -0.365 e. The zero-order chi connectivity index (χ0) is 14.8. The molecular formula is C12H14F3N3O. The monoisotopic (exact) mass is 273 g/mol. The summed E-state index contributed by atoms with van der Waals surface area (Å²) in [6.07, 6.45) is -4.57. The summed E-state index contributed by atoms with van der Waals surface area (Å²) in [5.74, 6) is -0.935. The van der Waals surface area contributed by atoms with Crippen molar-refractivity contribution in [1.29, 1.82) is 0 Å². The third-order valence-corrected chi connectivity index (χ3v) is 2.30. The van der Waals surface area contributed by atoms with Crippen molar-refractivity contribution < 1.29 is 18.0 Å². The van der Waals surface area contributed by atoms with E-state index in [1.165, 1.54) is 11.9 Å². The maximum absolute atomic E-state index is 12.6. The first-order valence-electron chi connectivity index (χ1n) is 5.36. The standard InChI is InChI=1S/C12H14F3N3O/c1-7(2)6-18(3)11-8(10(16)19)4-5-9(17-11)12(13,14)15/h4-5H,1,6H2,2-3H3,(H2,16,19). The molecule has 0 aromatic carbocycles. The Morgan fingerprint density at radius 3 is 2.47 bits per heavy atom. The highest BCUT2D eigenvalue weighted by Crippen LogP contribution is 2.30. The molecule has 0 radical (unpaired) electrons. The molecule has 0 atom stereocenters. The highest BCUT2D eigenvalue weighted by Gasteiger charge is 2.33. The van der Waals surface area contributed by atoms with E-state index in [2.05, 4.69) is 11.6 Å². The normalized spacial score (nSPS) is 11.2. The van der Waals surface area contributed by atoms with E-state index in [-0.39, 0.29) is 17.9 Å². The quantitative estimate of drug-likeness (QED) is 0.856. The fourth-order valence-electron chi connectivity index (χ4n) is 1.57. The predicted octanol–water partition coefficient (Wildman–Crippen LogP) is 2.21. The highest BCUT2D eigenvalue weighted by molar-refractivity contribution is 5.97. The molecule has 1 aromatic heterocycles. The third kappa shape index (κ3) is 3.70. The van der Waals surface area contributed by atoms with Gasteiger partial charge >= 0.3 is 6.18 Å². The predicted molar refractivity (Wildman–Crippen MR) is 65.8 cm³/mol. The first-order valence-corrected chi connectivity index (χ1v) is 5.36. The lowest BCUT2D eigenvalue weighted by Gasteiger charge is -2.21. The van der Waals surface area contributed by atoms with E-state index in [1.54, 1.807) is 6.92 Å². The number of primary amides is 1. The van der Waals surface area contributed by atoms with E-state index < -0.39 is 17.8 Å². The number of anilines is 1. The third-order valence-electron chi connectivity index (χ3n) is 2.30. The number of aromatic nitrogens is 1. The van der Waals surface area contributed by atoms with Gasteiger partial charge in [0.1, 0.15) is 11.5 Å². The molecule has 1 heterocycles. The smallest absolute Gasteiger partial charge is 0.365 e. The van der Waals surface area contributed by atoms with E-state index in [0.717, 1.165) is 17.7 Å². The molecule has 1 rings (SSSR count). The van der Waals surface area contributed by atoms with Crippen molar-refractivity contribution in [2.75, 3.05) is 18.5 Å². The number of rotatable bonds is 4. The largest absolute Gasteiger partial charge is 0.433 e. The number of alkyl halides is 3. The molecule has 0 saturated carbocycles. The van der Waals surface area contributed by atoms with Crippen molar-refractivity contribution in [2.45, 2.75) is 13.1 Å². The van der Waals surface area contributed by atoms with Crippen LogP contribution in [0.2, 0.25) is 0 Å². The molecule has 0 unspecified atom stereocenters. The van der Waals surface area contributed by atoms with Crippen LogP contribution in [-0.4, -0.2) is 24.5 Å². The maximum atomic E-state index is 12.6. The van der Waals surface area contributed by atoms with E-state index >= 15 is 0 Å². The van der Waals surface area contributed by atoms with Crippen LogP contribution in [0.4, 0.5) is 19.0 Å². The first-order chi connectivity index (χ1) is 8.62. The second-order valence-corrected chi connectivity index (χ2v) is 4.24. The Kier molecular flexibility index (Phi) is 4.18. The van der Waals surface area contributed by atoms with Crippen LogP contribution >= 0.6 is 0 Å². The van der Waals surface area contributed by atoms with Crippen LogP contribution in [-0.2, 0) is 6.18 Å². The Morgan fingerprint density at radius 2 is 2.05 bits per heavy atom. The van der Waals surface area contributed by atoms with Crippen LogP contribution < -0.4 is 10.6 Å². The second-order valence-electron chi connectivity index (χ2n) is 4.24. The van der Waals surface area contributed by atoms with Crippen LogP contribution in [0.1, 0.15) is 23.0 Å². The van der Waals surface area contributed by atoms with Crippen molar-refractivity contribution in [3.63, 3.8) is 0 Å². The second kappa shape index (κ2) is 5.29. The number of carbonyl (C=O) groups excluding carboxylic acids is 1. The molecule has 0 spiro atoms. The highest BCUT2D eigenvalue weighted by atomic mass is 19.4. The fourth-order valence-corrected chi connectivity index (χ4v) is 1.57. The molecule has 0 saturated heterocycles. The van der Waals surface area contributed by atoms with Gasteiger partial charge in [0.15, 0.2) is 0 Å². The average Bonchev–Trinajstić information content (AvgIpc) is 2.25. The summed E-state index contributed by atoms with van der Waals surface area (Å²) in [5.41, 5.74) is 4.73. The number of hydrogen-bond acceptors (Lipinski definition) is 3. The van der Waals surface area contributed by atoms with E-state index in [9.17, 15) is 18.0 Å². The molecule has 19 heavy (non-hydrogen) atoms. The molecule has 1 amide bonds. The summed E-state index contributed by atoms with van der Waals surface area (Å²) < 4.78 is 37.8.